The van der Waals surface area contributed by atoms with E-state index in [2.05, 4.69) is 62.8 Å². The summed E-state index contributed by atoms with van der Waals surface area (Å²) >= 11 is 0. The molecule has 2 aromatic heterocycles. The molecular formula is C20H31N7. The van der Waals surface area contributed by atoms with Gasteiger partial charge in [0.05, 0.1) is 6.54 Å². The van der Waals surface area contributed by atoms with Gasteiger partial charge in [-0.2, -0.15) is 0 Å². The Balaban J connectivity index is 1.45. The van der Waals surface area contributed by atoms with Crippen molar-refractivity contribution in [1.82, 2.24) is 24.4 Å². The molecule has 0 aliphatic carbocycles. The summed E-state index contributed by atoms with van der Waals surface area (Å²) in [6, 6.07) is 2.05. The fourth-order valence-electron chi connectivity index (χ4n) is 4.03. The molecule has 0 spiro atoms. The summed E-state index contributed by atoms with van der Waals surface area (Å²) in [6.07, 6.45) is 6.25. The van der Waals surface area contributed by atoms with Crippen molar-refractivity contribution in [2.24, 2.45) is 5.92 Å². The van der Waals surface area contributed by atoms with Crippen LogP contribution in [0, 0.1) is 5.92 Å². The SMILES string of the molecule is CC(C)CNc1cc(N2CCn3c(C4CCN(C)CC4)cnc3C2)ncn1. The van der Waals surface area contributed by atoms with E-state index >= 15 is 0 Å². The van der Waals surface area contributed by atoms with Gasteiger partial charge in [-0.05, 0) is 38.9 Å². The van der Waals surface area contributed by atoms with Crippen molar-refractivity contribution < 1.29 is 0 Å². The smallest absolute Gasteiger partial charge is 0.134 e. The van der Waals surface area contributed by atoms with Gasteiger partial charge in [0.1, 0.15) is 23.8 Å². The number of likely N-dealkylation sites (tertiary alicyclic amines) is 1. The Morgan fingerprint density at radius 2 is 1.93 bits per heavy atom. The van der Waals surface area contributed by atoms with E-state index < -0.39 is 0 Å². The van der Waals surface area contributed by atoms with Gasteiger partial charge < -0.3 is 19.7 Å². The van der Waals surface area contributed by atoms with Crippen molar-refractivity contribution in [1.29, 1.82) is 0 Å². The Morgan fingerprint density at radius 3 is 2.70 bits per heavy atom. The van der Waals surface area contributed by atoms with Gasteiger partial charge in [-0.15, -0.1) is 0 Å². The maximum absolute atomic E-state index is 4.76. The Labute approximate surface area is 161 Å². The third kappa shape index (κ3) is 4.08. The molecule has 2 aliphatic heterocycles. The Morgan fingerprint density at radius 1 is 1.11 bits per heavy atom. The van der Waals surface area contributed by atoms with Crippen molar-refractivity contribution >= 4 is 11.6 Å². The molecule has 7 nitrogen and oxygen atoms in total. The number of aromatic nitrogens is 4. The van der Waals surface area contributed by atoms with Crippen LogP contribution in [0.5, 0.6) is 0 Å². The zero-order valence-electron chi connectivity index (χ0n) is 16.7. The summed E-state index contributed by atoms with van der Waals surface area (Å²) in [7, 11) is 2.21. The van der Waals surface area contributed by atoms with Gasteiger partial charge in [0.15, 0.2) is 0 Å². The topological polar surface area (TPSA) is 62.1 Å². The van der Waals surface area contributed by atoms with Crippen LogP contribution in [0.3, 0.4) is 0 Å². The van der Waals surface area contributed by atoms with Gasteiger partial charge in [-0.1, -0.05) is 13.8 Å². The summed E-state index contributed by atoms with van der Waals surface area (Å²) < 4.78 is 2.45. The fourth-order valence-corrected chi connectivity index (χ4v) is 4.03. The quantitative estimate of drug-likeness (QED) is 0.874. The molecule has 27 heavy (non-hydrogen) atoms. The fraction of sp³-hybridized carbons (Fsp3) is 0.650. The van der Waals surface area contributed by atoms with Crippen molar-refractivity contribution in [3.8, 4) is 0 Å². The maximum Gasteiger partial charge on any atom is 0.134 e. The highest BCUT2D eigenvalue weighted by molar-refractivity contribution is 5.49. The van der Waals surface area contributed by atoms with Gasteiger partial charge in [0.25, 0.3) is 0 Å². The lowest BCUT2D eigenvalue weighted by Crippen LogP contribution is -2.36. The highest BCUT2D eigenvalue weighted by Crippen LogP contribution is 2.30. The third-order valence-corrected chi connectivity index (χ3v) is 5.70. The minimum Gasteiger partial charge on any atom is -0.370 e. The van der Waals surface area contributed by atoms with E-state index in [1.54, 1.807) is 6.33 Å². The average Bonchev–Trinajstić information content (AvgIpc) is 3.10. The van der Waals surface area contributed by atoms with E-state index in [9.17, 15) is 0 Å². The molecule has 2 aromatic rings. The lowest BCUT2D eigenvalue weighted by molar-refractivity contribution is 0.250. The summed E-state index contributed by atoms with van der Waals surface area (Å²) in [5.74, 6) is 4.27. The van der Waals surface area contributed by atoms with E-state index in [1.807, 2.05) is 0 Å². The Hall–Kier alpha value is -2.15. The monoisotopic (exact) mass is 369 g/mol. The van der Waals surface area contributed by atoms with E-state index in [1.165, 1.54) is 31.6 Å². The lowest BCUT2D eigenvalue weighted by Gasteiger charge is -2.33. The first-order valence-electron chi connectivity index (χ1n) is 10.1. The van der Waals surface area contributed by atoms with E-state index in [0.29, 0.717) is 11.8 Å². The van der Waals surface area contributed by atoms with Gasteiger partial charge in [0.2, 0.25) is 0 Å². The Kier molecular flexibility index (Phi) is 5.29. The second-order valence-corrected chi connectivity index (χ2v) is 8.29. The molecule has 0 amide bonds. The third-order valence-electron chi connectivity index (χ3n) is 5.70. The molecule has 1 fully saturated rings. The summed E-state index contributed by atoms with van der Waals surface area (Å²) in [6.45, 7) is 10.4. The van der Waals surface area contributed by atoms with Crippen LogP contribution >= 0.6 is 0 Å². The number of nitrogens with zero attached hydrogens (tertiary/aromatic N) is 6. The molecule has 7 heteroatoms. The molecule has 146 valence electrons. The van der Waals surface area contributed by atoms with Crippen LogP contribution in [-0.4, -0.2) is 57.6 Å². The van der Waals surface area contributed by atoms with Crippen LogP contribution < -0.4 is 10.2 Å². The molecule has 0 aromatic carbocycles. The number of anilines is 2. The first-order valence-corrected chi connectivity index (χ1v) is 10.1. The highest BCUT2D eigenvalue weighted by Gasteiger charge is 2.26. The van der Waals surface area contributed by atoms with E-state index in [0.717, 1.165) is 43.6 Å². The maximum atomic E-state index is 4.76. The van der Waals surface area contributed by atoms with Crippen LogP contribution in [0.1, 0.15) is 44.1 Å². The standard InChI is InChI=1S/C20H31N7/c1-15(2)11-21-18-10-19(24-14-23-18)26-8-9-27-17(12-22-20(27)13-26)16-4-6-25(3)7-5-16/h10,12,14-16H,4-9,11,13H2,1-3H3,(H,21,23,24). The number of hydrogen-bond acceptors (Lipinski definition) is 6. The van der Waals surface area contributed by atoms with Gasteiger partial charge in [0, 0.05) is 43.5 Å². The molecule has 0 saturated carbocycles. The molecule has 0 unspecified atom stereocenters. The van der Waals surface area contributed by atoms with Crippen LogP contribution in [0.4, 0.5) is 11.6 Å². The van der Waals surface area contributed by atoms with Crippen molar-refractivity contribution in [3.05, 3.63) is 30.1 Å². The summed E-state index contributed by atoms with van der Waals surface area (Å²) in [4.78, 5) is 18.3. The molecule has 0 bridgehead atoms. The minimum absolute atomic E-state index is 0.587. The zero-order valence-corrected chi connectivity index (χ0v) is 16.7. The van der Waals surface area contributed by atoms with Crippen LogP contribution in [0.25, 0.3) is 0 Å². The second-order valence-electron chi connectivity index (χ2n) is 8.29. The van der Waals surface area contributed by atoms with Gasteiger partial charge in [-0.25, -0.2) is 15.0 Å². The molecule has 0 atom stereocenters. The number of imidazole rings is 1. The first kappa shape index (κ1) is 18.2. The van der Waals surface area contributed by atoms with E-state index in [-0.39, 0.29) is 0 Å². The highest BCUT2D eigenvalue weighted by atomic mass is 15.3. The number of piperidine rings is 1. The Bertz CT molecular complexity index is 761. The molecule has 1 N–H and O–H groups in total. The van der Waals surface area contributed by atoms with Crippen LogP contribution in [0.2, 0.25) is 0 Å². The molecule has 4 heterocycles. The molecule has 1 saturated heterocycles. The number of rotatable bonds is 5. The summed E-state index contributed by atoms with van der Waals surface area (Å²) in [5.41, 5.74) is 1.43. The first-order chi connectivity index (χ1) is 13.1. The second kappa shape index (κ2) is 7.84. The molecule has 0 radical (unpaired) electrons. The van der Waals surface area contributed by atoms with Crippen molar-refractivity contribution in [2.45, 2.75) is 45.7 Å². The molecule has 2 aliphatic rings. The largest absolute Gasteiger partial charge is 0.370 e. The van der Waals surface area contributed by atoms with Gasteiger partial charge >= 0.3 is 0 Å². The number of fused-ring (bicyclic) bond motifs is 1. The average molecular weight is 370 g/mol. The zero-order chi connectivity index (χ0) is 18.8. The summed E-state index contributed by atoms with van der Waals surface area (Å²) in [5, 5.41) is 3.39. The van der Waals surface area contributed by atoms with Crippen LogP contribution in [0.15, 0.2) is 18.6 Å². The normalized spacial score (nSPS) is 18.7. The van der Waals surface area contributed by atoms with E-state index in [4.69, 9.17) is 4.98 Å². The predicted molar refractivity (Wildman–Crippen MR) is 108 cm³/mol. The van der Waals surface area contributed by atoms with Crippen LogP contribution in [-0.2, 0) is 13.1 Å². The molecule has 4 rings (SSSR count). The molecular weight excluding hydrogens is 338 g/mol. The number of nitrogens with one attached hydrogen (secondary N) is 1. The van der Waals surface area contributed by atoms with Gasteiger partial charge in [-0.3, -0.25) is 0 Å². The number of hydrogen-bond donors (Lipinski definition) is 1. The predicted octanol–water partition coefficient (Wildman–Crippen LogP) is 2.57. The lowest BCUT2D eigenvalue weighted by atomic mass is 9.94. The van der Waals surface area contributed by atoms with Crippen molar-refractivity contribution in [3.63, 3.8) is 0 Å². The minimum atomic E-state index is 0.587. The van der Waals surface area contributed by atoms with Crippen molar-refractivity contribution in [2.75, 3.05) is 43.4 Å².